The molecule has 0 fully saturated rings. The fraction of sp³-hybridized carbons (Fsp3) is 0.312. The molecule has 4 heterocycles. The van der Waals surface area contributed by atoms with Gasteiger partial charge in [0.25, 0.3) is 6.33 Å². The first kappa shape index (κ1) is 45.3. The third-order valence-corrected chi connectivity index (χ3v) is 21.1. The molecule has 102 heavy (non-hydrogen) atoms. The average Bonchev–Trinajstić information content (AvgIpc) is 0.902. The SMILES string of the molecule is [2H]c1c([2H])c2c(c([2H])c1-c1cc3c4c(c1)n(-c1[c-]c(Oc5[c-]c6c(cc5)c5ccccc5n6-c5cc(C(C)(C)C)ccn5)ccc1)[c-][n+]4-c1c(-c4cc(C(C)(C)C)cc(C(C)(C)C)c4)cc(-c4c(C([2H])([2H])[2H])cccc4C([2H])([2H])[2H])cc1-c1cc4c(cc1-c1ccccc1-3)C(C)(C)CCC4(C)C)C(C([2H])([2H])[2H])(C([2H])([2H])[2H])C([2H])([2H])C([2H])([2H])C2(C([2H])([2H])[2H])C([2H])([2H])[2H].[Pt]. The van der Waals surface area contributed by atoms with Gasteiger partial charge in [-0.25, -0.2) is 4.98 Å². The van der Waals surface area contributed by atoms with Crippen LogP contribution in [0.3, 0.4) is 0 Å². The first-order valence-corrected chi connectivity index (χ1v) is 34.6. The van der Waals surface area contributed by atoms with Gasteiger partial charge in [-0.1, -0.05) is 232 Å². The Morgan fingerprint density at radius 3 is 1.77 bits per heavy atom. The van der Waals surface area contributed by atoms with Gasteiger partial charge >= 0.3 is 0 Å². The zero-order chi connectivity index (χ0) is 92.2. The fourth-order valence-corrected chi connectivity index (χ4v) is 15.2. The van der Waals surface area contributed by atoms with E-state index in [2.05, 4.69) is 139 Å². The normalized spacial score (nSPS) is 21.0. The van der Waals surface area contributed by atoms with Crippen LogP contribution in [-0.4, -0.2) is 14.1 Å². The van der Waals surface area contributed by atoms with Crippen LogP contribution in [-0.2, 0) is 59.0 Å². The van der Waals surface area contributed by atoms with Crippen LogP contribution in [0.4, 0.5) is 0 Å². The quantitative estimate of drug-likeness (QED) is 0.118. The van der Waals surface area contributed by atoms with E-state index in [1.807, 2.05) is 81.9 Å². The number of aromatic nitrogens is 4. The summed E-state index contributed by atoms with van der Waals surface area (Å²) >= 11 is 0. The van der Waals surface area contributed by atoms with Crippen molar-refractivity contribution < 1.29 is 64.6 Å². The van der Waals surface area contributed by atoms with Gasteiger partial charge in [0.1, 0.15) is 5.82 Å². The van der Waals surface area contributed by atoms with Crippen LogP contribution < -0.4 is 9.30 Å². The summed E-state index contributed by atoms with van der Waals surface area (Å²) in [4.78, 5) is 4.89. The maximum Gasteiger partial charge on any atom is 0.268 e. The number of para-hydroxylation sites is 1. The van der Waals surface area contributed by atoms with Gasteiger partial charge in [-0.2, -0.15) is 18.2 Å². The van der Waals surface area contributed by atoms with Crippen LogP contribution in [0.2, 0.25) is 0 Å². The summed E-state index contributed by atoms with van der Waals surface area (Å²) in [5.41, 5.74) is -4.92. The summed E-state index contributed by atoms with van der Waals surface area (Å²) in [6, 6.07) is 52.6. The van der Waals surface area contributed by atoms with Crippen molar-refractivity contribution in [2.75, 3.05) is 0 Å². The number of benzene rings is 10. The summed E-state index contributed by atoms with van der Waals surface area (Å²) in [6.45, 7) is 4.41. The minimum atomic E-state index is -4.63. The standard InChI is InChI=1S/C96H96N4O.Pt/c1-58-26-24-27-59(2)87(58)63-47-74(62-44-65(91(6,7)8)51-66(45-62)92(9,10)11)88-78(48-63)76-56-82-81(95(16,17)41-42-96(82,18)19)55-75(76)70-30-20-21-31-71(70)77-46-61(60-34-37-79-80(49-60)94(14,15)40-39-93(79,12)13)50-85-89(77)99(88)57-98(85)67-28-25-29-68(53-67)101-69-35-36-73-72-32-22-23-33-83(72)100(84(73)54-69)86-52-64(38-43-97-86)90(3,4)5;/h20-38,43-52,55-56H,39-42H2,1-19H3;/q-2;/i1D3,2D3,12D3,13D3,14D3,15D3,34D,37D,39D2,40D2,49D;. The molecule has 3 aromatic heterocycles. The molecule has 10 aromatic carbocycles. The predicted octanol–water partition coefficient (Wildman–Crippen LogP) is 25.1. The average molecular weight is 1540 g/mol. The number of hydrogen-bond donors (Lipinski definition) is 0. The number of aryl methyl sites for hydroxylation is 2. The van der Waals surface area contributed by atoms with Gasteiger partial charge < -0.3 is 13.9 Å². The number of fused-ring (bicyclic) bond motifs is 12. The van der Waals surface area contributed by atoms with Crippen LogP contribution in [0.5, 0.6) is 11.5 Å². The molecule has 16 rings (SSSR count). The number of hydrogen-bond acceptors (Lipinski definition) is 2. The molecule has 0 unspecified atom stereocenters. The first-order valence-electron chi connectivity index (χ1n) is 47.1. The third kappa shape index (κ3) is 11.5. The van der Waals surface area contributed by atoms with Crippen LogP contribution in [0.15, 0.2) is 188 Å². The topological polar surface area (TPSA) is 35.9 Å². The molecule has 0 atom stereocenters. The van der Waals surface area contributed by atoms with E-state index in [9.17, 15) is 26.0 Å². The zero-order valence-corrected chi connectivity index (χ0v) is 61.9. The second kappa shape index (κ2) is 24.1. The van der Waals surface area contributed by atoms with Crippen molar-refractivity contribution in [3.05, 3.63) is 257 Å². The minimum absolute atomic E-state index is 0. The Morgan fingerprint density at radius 1 is 0.500 bits per heavy atom. The molecule has 0 bridgehead atoms. The van der Waals surface area contributed by atoms with E-state index in [0.29, 0.717) is 56.0 Å². The number of pyridine rings is 1. The smallest absolute Gasteiger partial charge is 0.268 e. The van der Waals surface area contributed by atoms with Gasteiger partial charge in [0, 0.05) is 74.4 Å². The van der Waals surface area contributed by atoms with Crippen molar-refractivity contribution in [1.82, 2.24) is 14.1 Å². The van der Waals surface area contributed by atoms with E-state index in [4.69, 9.17) is 17.9 Å². The Kier molecular flexibility index (Phi) is 10.7. The molecule has 1 aliphatic heterocycles. The van der Waals surface area contributed by atoms with Crippen LogP contribution in [0.1, 0.15) is 227 Å². The monoisotopic (exact) mass is 1540 g/mol. The second-order valence-electron chi connectivity index (χ2n) is 32.2. The second-order valence-corrected chi connectivity index (χ2v) is 32.2. The van der Waals surface area contributed by atoms with Crippen LogP contribution in [0, 0.1) is 32.2 Å². The van der Waals surface area contributed by atoms with Gasteiger partial charge in [0.2, 0.25) is 0 Å². The van der Waals surface area contributed by atoms with Gasteiger partial charge in [0.15, 0.2) is 0 Å². The maximum absolute atomic E-state index is 10.8. The molecule has 518 valence electrons. The van der Waals surface area contributed by atoms with Gasteiger partial charge in [-0.05, 0) is 248 Å². The van der Waals surface area contributed by atoms with Crippen LogP contribution >= 0.6 is 0 Å². The van der Waals surface area contributed by atoms with E-state index < -0.39 is 121 Å². The van der Waals surface area contributed by atoms with E-state index in [1.54, 1.807) is 41.1 Å². The maximum atomic E-state index is 10.8. The fourth-order valence-electron chi connectivity index (χ4n) is 15.2. The Balaban J connectivity index is 0.0000124. The van der Waals surface area contributed by atoms with Crippen molar-refractivity contribution in [2.45, 2.75) is 195 Å². The Bertz CT molecular complexity index is 6630. The van der Waals surface area contributed by atoms with Crippen molar-refractivity contribution in [3.8, 4) is 95.5 Å². The molecule has 3 aliphatic rings. The Hall–Kier alpha value is -8.89. The van der Waals surface area contributed by atoms with Gasteiger partial charge in [0.05, 0.1) is 20.8 Å². The number of nitrogens with zero attached hydrogens (tertiary/aromatic N) is 4. The van der Waals surface area contributed by atoms with Crippen molar-refractivity contribution in [3.63, 3.8) is 0 Å². The molecular formula is C96H96N4OPt-2. The number of imidazole rings is 1. The van der Waals surface area contributed by atoms with Gasteiger partial charge in [-0.15, -0.1) is 29.7 Å². The third-order valence-electron chi connectivity index (χ3n) is 21.1. The first-order chi connectivity index (χ1) is 58.0. The molecule has 0 saturated heterocycles. The van der Waals surface area contributed by atoms with Gasteiger partial charge in [-0.3, -0.25) is 4.57 Å². The Labute approximate surface area is 655 Å². The summed E-state index contributed by atoms with van der Waals surface area (Å²) in [7, 11) is 0. The predicted molar refractivity (Wildman–Crippen MR) is 422 cm³/mol. The molecule has 0 saturated carbocycles. The molecular weight excluding hydrogens is 1420 g/mol. The summed E-state index contributed by atoms with van der Waals surface area (Å²) in [5.74, 6) is 0.998. The van der Waals surface area contributed by atoms with E-state index in [0.717, 1.165) is 56.9 Å². The summed E-state index contributed by atoms with van der Waals surface area (Å²) in [5, 5.41) is 1.77. The minimum Gasteiger partial charge on any atom is -0.510 e. The summed E-state index contributed by atoms with van der Waals surface area (Å²) in [6.07, 6.45) is -2.16. The Morgan fingerprint density at radius 2 is 1.11 bits per heavy atom. The van der Waals surface area contributed by atoms with Crippen LogP contribution in [0.25, 0.3) is 117 Å². The van der Waals surface area contributed by atoms with Crippen molar-refractivity contribution >= 4 is 32.8 Å². The molecule has 0 radical (unpaired) electrons. The molecule has 0 amide bonds. The van der Waals surface area contributed by atoms with E-state index in [-0.39, 0.29) is 88.1 Å². The number of ether oxygens (including phenoxy) is 1. The molecule has 5 nitrogen and oxygen atoms in total. The molecule has 0 spiro atoms. The summed E-state index contributed by atoms with van der Waals surface area (Å²) < 4.78 is 250. The van der Waals surface area contributed by atoms with Crippen molar-refractivity contribution in [2.24, 2.45) is 0 Å². The van der Waals surface area contributed by atoms with E-state index >= 15 is 0 Å². The van der Waals surface area contributed by atoms with E-state index in [1.165, 1.54) is 30.3 Å². The largest absolute Gasteiger partial charge is 0.510 e. The molecule has 2 aliphatic carbocycles. The zero-order valence-electron chi connectivity index (χ0n) is 84.6. The van der Waals surface area contributed by atoms with Crippen molar-refractivity contribution in [1.29, 1.82) is 0 Å². The molecule has 6 heteroatoms. The number of rotatable bonds is 7. The molecule has 13 aromatic rings. The molecule has 0 N–H and O–H groups in total.